The molecule has 3 amide bonds. The Morgan fingerprint density at radius 3 is 2.76 bits per heavy atom. The summed E-state index contributed by atoms with van der Waals surface area (Å²) in [6.45, 7) is 2.42. The highest BCUT2D eigenvalue weighted by Gasteiger charge is 2.48. The van der Waals surface area contributed by atoms with Crippen molar-refractivity contribution in [1.29, 1.82) is 0 Å². The van der Waals surface area contributed by atoms with E-state index in [4.69, 9.17) is 5.73 Å². The van der Waals surface area contributed by atoms with Gasteiger partial charge in [-0.1, -0.05) is 18.6 Å². The summed E-state index contributed by atoms with van der Waals surface area (Å²) in [6, 6.07) is 5.85. The number of imide groups is 1. The van der Waals surface area contributed by atoms with Gasteiger partial charge in [0, 0.05) is 36.7 Å². The van der Waals surface area contributed by atoms with Crippen LogP contribution in [0.15, 0.2) is 18.2 Å². The zero-order valence-electron chi connectivity index (χ0n) is 16.7. The molecule has 1 saturated carbocycles. The third-order valence-electron chi connectivity index (χ3n) is 7.24. The minimum absolute atomic E-state index is 0.111. The van der Waals surface area contributed by atoms with E-state index < -0.39 is 6.04 Å². The molecule has 1 unspecified atom stereocenters. The monoisotopic (exact) mass is 396 g/mol. The zero-order valence-corrected chi connectivity index (χ0v) is 16.7. The van der Waals surface area contributed by atoms with Crippen molar-refractivity contribution in [2.45, 2.75) is 75.7 Å². The lowest BCUT2D eigenvalue weighted by Crippen LogP contribution is -2.63. The molecule has 7 heteroatoms. The van der Waals surface area contributed by atoms with Crippen LogP contribution in [0.4, 0.5) is 0 Å². The smallest absolute Gasteiger partial charge is 0.255 e. The molecule has 0 aromatic heterocycles. The van der Waals surface area contributed by atoms with Crippen molar-refractivity contribution in [1.82, 2.24) is 15.1 Å². The van der Waals surface area contributed by atoms with Crippen LogP contribution >= 0.6 is 0 Å². The van der Waals surface area contributed by atoms with Gasteiger partial charge in [0.05, 0.1) is 0 Å². The first kappa shape index (κ1) is 18.8. The number of amides is 3. The van der Waals surface area contributed by atoms with E-state index in [0.717, 1.165) is 31.5 Å². The summed E-state index contributed by atoms with van der Waals surface area (Å²) < 4.78 is 0. The van der Waals surface area contributed by atoms with Gasteiger partial charge in [0.25, 0.3) is 5.91 Å². The predicted molar refractivity (Wildman–Crippen MR) is 107 cm³/mol. The lowest BCUT2D eigenvalue weighted by Gasteiger charge is -2.56. The number of carbonyl (C=O) groups excluding carboxylic acids is 3. The predicted octanol–water partition coefficient (Wildman–Crippen LogP) is 1.29. The number of piperidine rings is 2. The number of likely N-dealkylation sites (tertiary alicyclic amines) is 1. The summed E-state index contributed by atoms with van der Waals surface area (Å²) in [4.78, 5) is 40.7. The second kappa shape index (κ2) is 6.92. The van der Waals surface area contributed by atoms with Gasteiger partial charge < -0.3 is 10.6 Å². The minimum atomic E-state index is -0.558. The van der Waals surface area contributed by atoms with E-state index in [2.05, 4.69) is 16.3 Å². The van der Waals surface area contributed by atoms with Gasteiger partial charge in [0.1, 0.15) is 6.04 Å². The molecular formula is C22H28N4O3. The molecule has 2 saturated heterocycles. The zero-order chi connectivity index (χ0) is 20.2. The number of fused-ring (bicyclic) bond motifs is 1. The Labute approximate surface area is 170 Å². The molecule has 0 radical (unpaired) electrons. The Morgan fingerprint density at radius 2 is 2.00 bits per heavy atom. The molecule has 29 heavy (non-hydrogen) atoms. The number of rotatable bonds is 3. The topological polar surface area (TPSA) is 95.7 Å². The maximum Gasteiger partial charge on any atom is 0.255 e. The van der Waals surface area contributed by atoms with Crippen LogP contribution in [0.2, 0.25) is 0 Å². The van der Waals surface area contributed by atoms with E-state index in [0.29, 0.717) is 24.6 Å². The van der Waals surface area contributed by atoms with E-state index in [-0.39, 0.29) is 29.7 Å². The van der Waals surface area contributed by atoms with Gasteiger partial charge in [0.2, 0.25) is 11.8 Å². The van der Waals surface area contributed by atoms with Gasteiger partial charge in [-0.15, -0.1) is 0 Å². The molecule has 0 bridgehead atoms. The molecule has 5 rings (SSSR count). The summed E-state index contributed by atoms with van der Waals surface area (Å²) in [5, 5.41) is 2.36. The average molecular weight is 396 g/mol. The minimum Gasteiger partial charge on any atom is -0.328 e. The molecule has 1 aromatic carbocycles. The van der Waals surface area contributed by atoms with Crippen molar-refractivity contribution in [3.8, 4) is 0 Å². The van der Waals surface area contributed by atoms with Gasteiger partial charge in [-0.05, 0) is 55.8 Å². The third kappa shape index (κ3) is 3.16. The molecule has 4 aliphatic rings. The van der Waals surface area contributed by atoms with Gasteiger partial charge in [-0.25, -0.2) is 0 Å². The molecule has 1 atom stereocenters. The summed E-state index contributed by atoms with van der Waals surface area (Å²) in [5.74, 6) is -0.733. The van der Waals surface area contributed by atoms with Gasteiger partial charge in [-0.3, -0.25) is 24.6 Å². The number of hydrogen-bond donors (Lipinski definition) is 2. The maximum absolute atomic E-state index is 12.9. The van der Waals surface area contributed by atoms with Crippen LogP contribution in [0, 0.1) is 0 Å². The summed E-state index contributed by atoms with van der Waals surface area (Å²) in [6.07, 6.45) is 6.58. The fraction of sp³-hybridized carbons (Fsp3) is 0.591. The Bertz CT molecular complexity index is 871. The highest BCUT2D eigenvalue weighted by atomic mass is 16.2. The molecule has 154 valence electrons. The Hall–Kier alpha value is -2.25. The van der Waals surface area contributed by atoms with Crippen LogP contribution in [0.5, 0.6) is 0 Å². The number of hydrogen-bond acceptors (Lipinski definition) is 5. The summed E-state index contributed by atoms with van der Waals surface area (Å²) in [7, 11) is 0. The first-order valence-electron chi connectivity index (χ1n) is 10.7. The second-order valence-electron chi connectivity index (χ2n) is 9.16. The Balaban J connectivity index is 1.32. The second-order valence-corrected chi connectivity index (χ2v) is 9.16. The molecule has 1 aromatic rings. The summed E-state index contributed by atoms with van der Waals surface area (Å²) >= 11 is 0. The third-order valence-corrected chi connectivity index (χ3v) is 7.24. The van der Waals surface area contributed by atoms with Crippen LogP contribution < -0.4 is 11.1 Å². The molecule has 3 fully saturated rings. The molecule has 7 nitrogen and oxygen atoms in total. The fourth-order valence-electron chi connectivity index (χ4n) is 5.72. The largest absolute Gasteiger partial charge is 0.328 e. The Morgan fingerprint density at radius 1 is 1.17 bits per heavy atom. The Kier molecular flexibility index (Phi) is 4.47. The number of nitrogens with one attached hydrogen (secondary N) is 1. The molecule has 3 N–H and O–H groups in total. The highest BCUT2D eigenvalue weighted by molar-refractivity contribution is 6.05. The number of carbonyl (C=O) groups is 3. The standard InChI is InChI=1S/C22H28N4O3/c23-16-10-22(11-16)7-1-2-8-25(22)12-14-3-4-17-15(9-14)13-26(21(17)29)18-5-6-19(27)24-20(18)28/h3-4,9,16,18H,1-2,5-8,10-13,23H2,(H,24,27,28). The molecule has 3 aliphatic heterocycles. The van der Waals surface area contributed by atoms with Crippen molar-refractivity contribution in [3.05, 3.63) is 34.9 Å². The number of nitrogens with two attached hydrogens (primary N) is 1. The van der Waals surface area contributed by atoms with Crippen molar-refractivity contribution in [3.63, 3.8) is 0 Å². The van der Waals surface area contributed by atoms with Crippen molar-refractivity contribution in [2.24, 2.45) is 5.73 Å². The van der Waals surface area contributed by atoms with E-state index in [1.54, 1.807) is 4.90 Å². The summed E-state index contributed by atoms with van der Waals surface area (Å²) in [5.41, 5.74) is 9.25. The lowest BCUT2D eigenvalue weighted by atomic mass is 9.67. The molecule has 1 aliphatic carbocycles. The van der Waals surface area contributed by atoms with Gasteiger partial charge in [-0.2, -0.15) is 0 Å². The molecule has 1 spiro atoms. The van der Waals surface area contributed by atoms with Crippen LogP contribution in [-0.2, 0) is 22.7 Å². The van der Waals surface area contributed by atoms with Crippen molar-refractivity contribution in [2.75, 3.05) is 6.54 Å². The van der Waals surface area contributed by atoms with E-state index >= 15 is 0 Å². The van der Waals surface area contributed by atoms with Gasteiger partial charge >= 0.3 is 0 Å². The van der Waals surface area contributed by atoms with Crippen molar-refractivity contribution < 1.29 is 14.4 Å². The highest BCUT2D eigenvalue weighted by Crippen LogP contribution is 2.44. The van der Waals surface area contributed by atoms with Crippen LogP contribution in [0.3, 0.4) is 0 Å². The maximum atomic E-state index is 12.9. The van der Waals surface area contributed by atoms with E-state index in [1.165, 1.54) is 24.8 Å². The van der Waals surface area contributed by atoms with Crippen LogP contribution in [0.25, 0.3) is 0 Å². The van der Waals surface area contributed by atoms with Crippen LogP contribution in [0.1, 0.15) is 66.4 Å². The van der Waals surface area contributed by atoms with Crippen molar-refractivity contribution >= 4 is 17.7 Å². The number of benzene rings is 1. The average Bonchev–Trinajstić information content (AvgIpc) is 2.98. The first-order chi connectivity index (χ1) is 13.9. The quantitative estimate of drug-likeness (QED) is 0.751. The number of nitrogens with zero attached hydrogens (tertiary/aromatic N) is 2. The first-order valence-corrected chi connectivity index (χ1v) is 10.7. The van der Waals surface area contributed by atoms with E-state index in [1.807, 2.05) is 12.1 Å². The fourth-order valence-corrected chi connectivity index (χ4v) is 5.72. The van der Waals surface area contributed by atoms with E-state index in [9.17, 15) is 14.4 Å². The molecule has 3 heterocycles. The molecular weight excluding hydrogens is 368 g/mol. The lowest BCUT2D eigenvalue weighted by molar-refractivity contribution is -0.136. The SMILES string of the molecule is NC1CC2(CCCCN2Cc2ccc3c(c2)CN(C2CCC(=O)NC2=O)C3=O)C1. The normalized spacial score (nSPS) is 32.3. The van der Waals surface area contributed by atoms with Gasteiger partial charge in [0.15, 0.2) is 0 Å². The van der Waals surface area contributed by atoms with Crippen LogP contribution in [-0.4, -0.2) is 51.7 Å².